The van der Waals surface area contributed by atoms with Gasteiger partial charge in [-0.2, -0.15) is 0 Å². The molecule has 1 aliphatic rings. The third-order valence-corrected chi connectivity index (χ3v) is 2.34. The molecule has 1 aromatic rings. The Bertz CT molecular complexity index is 301. The summed E-state index contributed by atoms with van der Waals surface area (Å²) < 4.78 is 26.8. The van der Waals surface area contributed by atoms with Gasteiger partial charge in [0, 0.05) is 11.5 Å². The Labute approximate surface area is 75.0 Å². The lowest BCUT2D eigenvalue weighted by molar-refractivity contribution is -0.0285. The molecule has 0 atom stereocenters. The maximum absolute atomic E-state index is 13.4. The highest BCUT2D eigenvalue weighted by atomic mass is 19.3. The standard InChI is InChI=1S/C10H10F2O/c11-10(12,7-1-2-7)8-3-5-9(13)6-4-8/h3-7,13H,1-2H2. The SMILES string of the molecule is Oc1ccc(C(F)(F)C2CC2)cc1. The smallest absolute Gasteiger partial charge is 0.276 e. The van der Waals surface area contributed by atoms with Gasteiger partial charge in [-0.3, -0.25) is 0 Å². The van der Waals surface area contributed by atoms with Crippen molar-refractivity contribution in [3.63, 3.8) is 0 Å². The fourth-order valence-corrected chi connectivity index (χ4v) is 1.37. The highest BCUT2D eigenvalue weighted by Gasteiger charge is 2.47. The van der Waals surface area contributed by atoms with Crippen LogP contribution in [-0.2, 0) is 5.92 Å². The number of alkyl halides is 2. The number of phenolic OH excluding ortho intramolecular Hbond substituents is 1. The molecule has 0 radical (unpaired) electrons. The van der Waals surface area contributed by atoms with Crippen molar-refractivity contribution in [2.45, 2.75) is 18.8 Å². The summed E-state index contributed by atoms with van der Waals surface area (Å²) in [7, 11) is 0. The maximum Gasteiger partial charge on any atom is 0.276 e. The number of halogens is 2. The molecule has 0 aromatic heterocycles. The van der Waals surface area contributed by atoms with Crippen LogP contribution >= 0.6 is 0 Å². The summed E-state index contributed by atoms with van der Waals surface area (Å²) in [6.45, 7) is 0. The second kappa shape index (κ2) is 2.69. The molecule has 0 aliphatic heterocycles. The molecule has 0 saturated heterocycles. The first-order valence-corrected chi connectivity index (χ1v) is 4.28. The first-order valence-electron chi connectivity index (χ1n) is 4.28. The van der Waals surface area contributed by atoms with Crippen molar-refractivity contribution >= 4 is 0 Å². The van der Waals surface area contributed by atoms with E-state index in [-0.39, 0.29) is 11.3 Å². The van der Waals surface area contributed by atoms with Gasteiger partial charge >= 0.3 is 0 Å². The zero-order valence-electron chi connectivity index (χ0n) is 7.00. The summed E-state index contributed by atoms with van der Waals surface area (Å²) in [6, 6.07) is 5.17. The molecule has 13 heavy (non-hydrogen) atoms. The van der Waals surface area contributed by atoms with Crippen molar-refractivity contribution in [1.82, 2.24) is 0 Å². The van der Waals surface area contributed by atoms with E-state index in [4.69, 9.17) is 5.11 Å². The van der Waals surface area contributed by atoms with E-state index >= 15 is 0 Å². The largest absolute Gasteiger partial charge is 0.508 e. The Kier molecular flexibility index (Phi) is 1.75. The maximum atomic E-state index is 13.4. The topological polar surface area (TPSA) is 20.2 Å². The number of hydrogen-bond acceptors (Lipinski definition) is 1. The van der Waals surface area contributed by atoms with Crippen molar-refractivity contribution in [2.75, 3.05) is 0 Å². The summed E-state index contributed by atoms with van der Waals surface area (Å²) in [6.07, 6.45) is 1.21. The average molecular weight is 184 g/mol. The Morgan fingerprint density at radius 2 is 1.69 bits per heavy atom. The molecule has 0 amide bonds. The molecule has 0 unspecified atom stereocenters. The van der Waals surface area contributed by atoms with Crippen LogP contribution in [0.5, 0.6) is 5.75 Å². The third kappa shape index (κ3) is 1.50. The van der Waals surface area contributed by atoms with E-state index in [9.17, 15) is 8.78 Å². The van der Waals surface area contributed by atoms with E-state index in [1.54, 1.807) is 0 Å². The molecule has 0 heterocycles. The van der Waals surface area contributed by atoms with Crippen LogP contribution in [-0.4, -0.2) is 5.11 Å². The Morgan fingerprint density at radius 1 is 1.15 bits per heavy atom. The first-order chi connectivity index (χ1) is 6.10. The molecule has 3 heteroatoms. The lowest BCUT2D eigenvalue weighted by atomic mass is 10.0. The minimum absolute atomic E-state index is 0.00722. The Hall–Kier alpha value is -1.12. The van der Waals surface area contributed by atoms with Gasteiger partial charge in [0.15, 0.2) is 0 Å². The highest BCUT2D eigenvalue weighted by molar-refractivity contribution is 5.29. The molecule has 1 aliphatic carbocycles. The van der Waals surface area contributed by atoms with Crippen molar-refractivity contribution < 1.29 is 13.9 Å². The van der Waals surface area contributed by atoms with Gasteiger partial charge < -0.3 is 5.11 Å². The second-order valence-corrected chi connectivity index (χ2v) is 3.44. The normalized spacial score (nSPS) is 17.4. The van der Waals surface area contributed by atoms with E-state index in [1.165, 1.54) is 24.3 Å². The van der Waals surface area contributed by atoms with Gasteiger partial charge in [-0.05, 0) is 37.1 Å². The summed E-state index contributed by atoms with van der Waals surface area (Å²) >= 11 is 0. The molecular formula is C10H10F2O. The second-order valence-electron chi connectivity index (χ2n) is 3.44. The zero-order chi connectivity index (χ0) is 9.47. The number of aromatic hydroxyl groups is 1. The Morgan fingerprint density at radius 3 is 2.15 bits per heavy atom. The van der Waals surface area contributed by atoms with Crippen LogP contribution in [0, 0.1) is 5.92 Å². The van der Waals surface area contributed by atoms with Gasteiger partial charge in [-0.1, -0.05) is 0 Å². The van der Waals surface area contributed by atoms with Gasteiger partial charge in [-0.15, -0.1) is 0 Å². The highest BCUT2D eigenvalue weighted by Crippen LogP contribution is 2.49. The molecule has 0 bridgehead atoms. The number of rotatable bonds is 2. The van der Waals surface area contributed by atoms with Crippen LogP contribution in [0.1, 0.15) is 18.4 Å². The van der Waals surface area contributed by atoms with E-state index in [0.717, 1.165) is 0 Å². The van der Waals surface area contributed by atoms with Gasteiger partial charge in [0.05, 0.1) is 0 Å². The van der Waals surface area contributed by atoms with Crippen LogP contribution in [0.4, 0.5) is 8.78 Å². The van der Waals surface area contributed by atoms with Crippen molar-refractivity contribution in [3.8, 4) is 5.75 Å². The molecule has 70 valence electrons. The van der Waals surface area contributed by atoms with Crippen LogP contribution in [0.3, 0.4) is 0 Å². The van der Waals surface area contributed by atoms with Gasteiger partial charge in [0.1, 0.15) is 5.75 Å². The molecular weight excluding hydrogens is 174 g/mol. The summed E-state index contributed by atoms with van der Waals surface area (Å²) in [4.78, 5) is 0. The summed E-state index contributed by atoms with van der Waals surface area (Å²) in [5, 5.41) is 8.93. The van der Waals surface area contributed by atoms with E-state index in [2.05, 4.69) is 0 Å². The van der Waals surface area contributed by atoms with E-state index < -0.39 is 11.8 Å². The average Bonchev–Trinajstić information content (AvgIpc) is 2.87. The number of phenols is 1. The van der Waals surface area contributed by atoms with Crippen LogP contribution in [0.15, 0.2) is 24.3 Å². The number of hydrogen-bond donors (Lipinski definition) is 1. The van der Waals surface area contributed by atoms with Crippen LogP contribution in [0.2, 0.25) is 0 Å². The fraction of sp³-hybridized carbons (Fsp3) is 0.400. The molecule has 2 rings (SSSR count). The molecule has 1 fully saturated rings. The summed E-state index contributed by atoms with van der Waals surface area (Å²) in [5.74, 6) is -3.18. The lowest BCUT2D eigenvalue weighted by Gasteiger charge is -2.15. The zero-order valence-corrected chi connectivity index (χ0v) is 7.00. The van der Waals surface area contributed by atoms with Gasteiger partial charge in [0.25, 0.3) is 5.92 Å². The minimum atomic E-state index is -2.71. The molecule has 1 N–H and O–H groups in total. The monoisotopic (exact) mass is 184 g/mol. The fourth-order valence-electron chi connectivity index (χ4n) is 1.37. The molecule has 1 nitrogen and oxygen atoms in total. The predicted octanol–water partition coefficient (Wildman–Crippen LogP) is 2.89. The first kappa shape index (κ1) is 8.48. The van der Waals surface area contributed by atoms with Crippen molar-refractivity contribution in [3.05, 3.63) is 29.8 Å². The summed E-state index contributed by atoms with van der Waals surface area (Å²) in [5.41, 5.74) is 0.00722. The van der Waals surface area contributed by atoms with Crippen LogP contribution in [0.25, 0.3) is 0 Å². The van der Waals surface area contributed by atoms with Crippen molar-refractivity contribution in [2.24, 2.45) is 5.92 Å². The molecule has 1 saturated carbocycles. The molecule has 1 aromatic carbocycles. The van der Waals surface area contributed by atoms with Crippen molar-refractivity contribution in [1.29, 1.82) is 0 Å². The molecule has 0 spiro atoms. The number of benzene rings is 1. The van der Waals surface area contributed by atoms with Gasteiger partial charge in [0.2, 0.25) is 0 Å². The third-order valence-electron chi connectivity index (χ3n) is 2.34. The van der Waals surface area contributed by atoms with E-state index in [1.807, 2.05) is 0 Å². The Balaban J connectivity index is 2.28. The lowest BCUT2D eigenvalue weighted by Crippen LogP contribution is -2.15. The van der Waals surface area contributed by atoms with Crippen LogP contribution < -0.4 is 0 Å². The van der Waals surface area contributed by atoms with E-state index in [0.29, 0.717) is 12.8 Å². The predicted molar refractivity (Wildman–Crippen MR) is 44.7 cm³/mol. The minimum Gasteiger partial charge on any atom is -0.508 e. The van der Waals surface area contributed by atoms with Gasteiger partial charge in [-0.25, -0.2) is 8.78 Å². The quantitative estimate of drug-likeness (QED) is 0.749.